The third-order valence-corrected chi connectivity index (χ3v) is 3.03. The van der Waals surface area contributed by atoms with Crippen molar-refractivity contribution < 1.29 is 14.2 Å². The third-order valence-electron chi connectivity index (χ3n) is 2.74. The van der Waals surface area contributed by atoms with E-state index in [9.17, 15) is 9.50 Å². The van der Waals surface area contributed by atoms with Gasteiger partial charge in [0, 0.05) is 6.42 Å². The van der Waals surface area contributed by atoms with Gasteiger partial charge in [-0.15, -0.1) is 0 Å². The summed E-state index contributed by atoms with van der Waals surface area (Å²) >= 11 is 5.68. The molecule has 1 aliphatic rings. The van der Waals surface area contributed by atoms with Gasteiger partial charge >= 0.3 is 0 Å². The average Bonchev–Trinajstić information content (AvgIpc) is 2.36. The fourth-order valence-electron chi connectivity index (χ4n) is 1.82. The van der Waals surface area contributed by atoms with E-state index in [1.165, 1.54) is 6.07 Å². The molecule has 2 rings (SSSR count). The molecular weight excluding hydrogens is 243 g/mol. The van der Waals surface area contributed by atoms with Crippen molar-refractivity contribution in [1.82, 2.24) is 0 Å². The second-order valence-corrected chi connectivity index (χ2v) is 4.44. The Morgan fingerprint density at radius 3 is 3.00 bits per heavy atom. The lowest BCUT2D eigenvalue weighted by molar-refractivity contribution is 0.0913. The first-order valence-electron chi connectivity index (χ1n) is 5.62. The summed E-state index contributed by atoms with van der Waals surface area (Å²) in [6, 6.07) is 4.78. The molecule has 0 aromatic heterocycles. The average molecular weight is 257 g/mol. The van der Waals surface area contributed by atoms with E-state index in [4.69, 9.17) is 16.3 Å². The number of halogens is 2. The smallest absolute Gasteiger partial charge is 0.145 e. The predicted molar refractivity (Wildman–Crippen MR) is 64.4 cm³/mol. The van der Waals surface area contributed by atoms with Crippen LogP contribution in [-0.4, -0.2) is 17.8 Å². The molecule has 0 saturated heterocycles. The monoisotopic (exact) mass is 256 g/mol. The van der Waals surface area contributed by atoms with Gasteiger partial charge in [-0.05, 0) is 30.5 Å². The molecule has 17 heavy (non-hydrogen) atoms. The van der Waals surface area contributed by atoms with Gasteiger partial charge in [-0.2, -0.15) is 0 Å². The number of ether oxygens (including phenoxy) is 1. The first-order chi connectivity index (χ1) is 8.18. The first kappa shape index (κ1) is 12.4. The Hall–Kier alpha value is -1.06. The molecule has 0 fully saturated rings. The Morgan fingerprint density at radius 2 is 2.29 bits per heavy atom. The molecule has 1 aliphatic heterocycles. The number of allylic oxidation sites excluding steroid dienone is 1. The van der Waals surface area contributed by atoms with E-state index in [0.717, 1.165) is 12.8 Å². The van der Waals surface area contributed by atoms with E-state index in [-0.39, 0.29) is 11.4 Å². The van der Waals surface area contributed by atoms with E-state index in [1.807, 2.05) is 6.08 Å². The van der Waals surface area contributed by atoms with Crippen molar-refractivity contribution in [1.29, 1.82) is 0 Å². The van der Waals surface area contributed by atoms with Crippen molar-refractivity contribution in [2.75, 3.05) is 6.61 Å². The molecule has 0 bridgehead atoms. The Bertz CT molecular complexity index is 431. The Morgan fingerprint density at radius 1 is 1.47 bits per heavy atom. The number of hydrogen-bond acceptors (Lipinski definition) is 2. The molecule has 1 N–H and O–H groups in total. The number of benzene rings is 1. The van der Waals surface area contributed by atoms with Crippen LogP contribution in [0.1, 0.15) is 18.4 Å². The van der Waals surface area contributed by atoms with Crippen molar-refractivity contribution in [2.24, 2.45) is 0 Å². The fraction of sp³-hybridized carbons (Fsp3) is 0.385. The lowest BCUT2D eigenvalue weighted by atomic mass is 10.0. The summed E-state index contributed by atoms with van der Waals surface area (Å²) < 4.78 is 19.0. The van der Waals surface area contributed by atoms with E-state index in [1.54, 1.807) is 12.1 Å². The van der Waals surface area contributed by atoms with Crippen molar-refractivity contribution in [3.05, 3.63) is 46.4 Å². The Balaban J connectivity index is 2.10. The number of aliphatic hydroxyl groups excluding tert-OH is 1. The highest BCUT2D eigenvalue weighted by atomic mass is 35.5. The molecule has 0 spiro atoms. The van der Waals surface area contributed by atoms with Crippen molar-refractivity contribution >= 4 is 11.6 Å². The molecule has 2 nitrogen and oxygen atoms in total. The van der Waals surface area contributed by atoms with Crippen LogP contribution < -0.4 is 0 Å². The summed E-state index contributed by atoms with van der Waals surface area (Å²) in [5, 5.41) is 10.0. The summed E-state index contributed by atoms with van der Waals surface area (Å²) in [5.41, 5.74) is 0.403. The highest BCUT2D eigenvalue weighted by molar-refractivity contribution is 6.30. The minimum absolute atomic E-state index is 0.0771. The number of hydrogen-bond donors (Lipinski definition) is 1. The van der Waals surface area contributed by atoms with Gasteiger partial charge in [0.1, 0.15) is 17.7 Å². The van der Waals surface area contributed by atoms with Gasteiger partial charge < -0.3 is 9.84 Å². The van der Waals surface area contributed by atoms with Crippen LogP contribution in [0.25, 0.3) is 0 Å². The molecule has 0 radical (unpaired) electrons. The Labute approximate surface area is 105 Å². The van der Waals surface area contributed by atoms with Gasteiger partial charge in [-0.3, -0.25) is 0 Å². The van der Waals surface area contributed by atoms with Crippen LogP contribution in [0.5, 0.6) is 0 Å². The first-order valence-corrected chi connectivity index (χ1v) is 6.00. The lowest BCUT2D eigenvalue weighted by Gasteiger charge is -2.20. The SMILES string of the molecule is OC(Cc1cccc(Cl)c1F)C1=CCCCO1. The second-order valence-electron chi connectivity index (χ2n) is 4.03. The topological polar surface area (TPSA) is 29.5 Å². The van der Waals surface area contributed by atoms with E-state index < -0.39 is 11.9 Å². The van der Waals surface area contributed by atoms with Gasteiger partial charge in [0.15, 0.2) is 0 Å². The maximum absolute atomic E-state index is 13.6. The largest absolute Gasteiger partial charge is 0.495 e. The zero-order valence-electron chi connectivity index (χ0n) is 9.33. The molecule has 1 unspecified atom stereocenters. The second kappa shape index (κ2) is 5.52. The van der Waals surface area contributed by atoms with Crippen LogP contribution in [0.3, 0.4) is 0 Å². The molecule has 1 aromatic carbocycles. The molecule has 0 amide bonds. The molecule has 0 aliphatic carbocycles. The van der Waals surface area contributed by atoms with E-state index >= 15 is 0 Å². The minimum Gasteiger partial charge on any atom is -0.495 e. The molecule has 1 aromatic rings. The molecular formula is C13H14ClFO2. The standard InChI is InChI=1S/C13H14ClFO2/c14-10-5-3-4-9(13(10)15)8-11(16)12-6-1-2-7-17-12/h3-6,11,16H,1-2,7-8H2. The molecule has 1 heterocycles. The summed E-state index contributed by atoms with van der Waals surface area (Å²) in [6.07, 6.45) is 3.09. The van der Waals surface area contributed by atoms with Crippen LogP contribution in [0.4, 0.5) is 4.39 Å². The van der Waals surface area contributed by atoms with Crippen LogP contribution in [0.2, 0.25) is 5.02 Å². The van der Waals surface area contributed by atoms with Crippen molar-refractivity contribution in [3.8, 4) is 0 Å². The summed E-state index contributed by atoms with van der Waals surface area (Å²) in [6.45, 7) is 0.612. The third kappa shape index (κ3) is 2.99. The maximum Gasteiger partial charge on any atom is 0.145 e. The summed E-state index contributed by atoms with van der Waals surface area (Å²) in [5.74, 6) is 0.0697. The van der Waals surface area contributed by atoms with Crippen LogP contribution in [0, 0.1) is 5.82 Å². The maximum atomic E-state index is 13.6. The zero-order chi connectivity index (χ0) is 12.3. The van der Waals surface area contributed by atoms with E-state index in [2.05, 4.69) is 0 Å². The highest BCUT2D eigenvalue weighted by Gasteiger charge is 2.18. The summed E-state index contributed by atoms with van der Waals surface area (Å²) in [4.78, 5) is 0. The molecule has 1 atom stereocenters. The molecule has 0 saturated carbocycles. The lowest BCUT2D eigenvalue weighted by Crippen LogP contribution is -2.19. The number of rotatable bonds is 3. The highest BCUT2D eigenvalue weighted by Crippen LogP contribution is 2.22. The minimum atomic E-state index is -0.803. The van der Waals surface area contributed by atoms with E-state index in [0.29, 0.717) is 17.9 Å². The molecule has 4 heteroatoms. The van der Waals surface area contributed by atoms with Crippen LogP contribution in [-0.2, 0) is 11.2 Å². The van der Waals surface area contributed by atoms with Crippen LogP contribution >= 0.6 is 11.6 Å². The summed E-state index contributed by atoms with van der Waals surface area (Å²) in [7, 11) is 0. The van der Waals surface area contributed by atoms with Gasteiger partial charge in [0.05, 0.1) is 11.6 Å². The fourth-order valence-corrected chi connectivity index (χ4v) is 2.02. The normalized spacial score (nSPS) is 17.2. The predicted octanol–water partition coefficient (Wildman–Crippen LogP) is 3.08. The van der Waals surface area contributed by atoms with Crippen molar-refractivity contribution in [3.63, 3.8) is 0 Å². The van der Waals surface area contributed by atoms with Gasteiger partial charge in [0.2, 0.25) is 0 Å². The number of aliphatic hydroxyl groups is 1. The van der Waals surface area contributed by atoms with Gasteiger partial charge in [0.25, 0.3) is 0 Å². The zero-order valence-corrected chi connectivity index (χ0v) is 10.1. The molecule has 92 valence electrons. The Kier molecular flexibility index (Phi) is 4.02. The van der Waals surface area contributed by atoms with Crippen LogP contribution in [0.15, 0.2) is 30.0 Å². The van der Waals surface area contributed by atoms with Crippen molar-refractivity contribution in [2.45, 2.75) is 25.4 Å². The van der Waals surface area contributed by atoms with Gasteiger partial charge in [-0.1, -0.05) is 23.7 Å². The quantitative estimate of drug-likeness (QED) is 0.901. The van der Waals surface area contributed by atoms with Gasteiger partial charge in [-0.25, -0.2) is 4.39 Å².